The van der Waals surface area contributed by atoms with E-state index in [4.69, 9.17) is 21.1 Å². The Morgan fingerprint density at radius 2 is 1.88 bits per heavy atom. The van der Waals surface area contributed by atoms with Gasteiger partial charge in [0.15, 0.2) is 11.5 Å². The van der Waals surface area contributed by atoms with Crippen molar-refractivity contribution < 1.29 is 14.3 Å². The minimum Gasteiger partial charge on any atom is -0.493 e. The van der Waals surface area contributed by atoms with Crippen molar-refractivity contribution >= 4 is 28.4 Å². The van der Waals surface area contributed by atoms with Gasteiger partial charge in [-0.15, -0.1) is 0 Å². The third-order valence-corrected chi connectivity index (χ3v) is 4.50. The highest BCUT2D eigenvalue weighted by atomic mass is 35.5. The van der Waals surface area contributed by atoms with Gasteiger partial charge < -0.3 is 19.4 Å². The number of carbonyl (C=O) groups is 1. The van der Waals surface area contributed by atoms with Crippen molar-refractivity contribution in [2.24, 2.45) is 7.05 Å². The molecule has 1 heterocycles. The number of methoxy groups -OCH3 is 2. The molecule has 1 amide bonds. The highest BCUT2D eigenvalue weighted by Crippen LogP contribution is 2.28. The maximum atomic E-state index is 12.6. The molecule has 0 aliphatic carbocycles. The third kappa shape index (κ3) is 3.28. The van der Waals surface area contributed by atoms with Crippen LogP contribution in [0.25, 0.3) is 10.9 Å². The van der Waals surface area contributed by atoms with Crippen molar-refractivity contribution in [3.8, 4) is 11.5 Å². The lowest BCUT2D eigenvalue weighted by atomic mass is 10.2. The summed E-state index contributed by atoms with van der Waals surface area (Å²) in [4.78, 5) is 12.6. The number of fused-ring (bicyclic) bond motifs is 1. The molecule has 2 aromatic carbocycles. The number of hydrogen-bond donors (Lipinski definition) is 1. The third-order valence-electron chi connectivity index (χ3n) is 4.17. The Kier molecular flexibility index (Phi) is 4.86. The Hall–Kier alpha value is -2.66. The molecule has 0 unspecified atom stereocenters. The molecule has 0 aliphatic rings. The zero-order chi connectivity index (χ0) is 18.0. The standard InChI is InChI=1S/C19H19ClN2O3/c1-22-15-6-4-5-14(20)13(15)10-16(22)19(23)21-11-12-7-8-17(24-2)18(9-12)25-3/h4-10H,11H2,1-3H3,(H,21,23). The number of nitrogens with zero attached hydrogens (tertiary/aromatic N) is 1. The molecule has 0 saturated carbocycles. The number of aromatic nitrogens is 1. The minimum absolute atomic E-state index is 0.162. The number of rotatable bonds is 5. The summed E-state index contributed by atoms with van der Waals surface area (Å²) < 4.78 is 12.3. The van der Waals surface area contributed by atoms with Crippen molar-refractivity contribution in [2.75, 3.05) is 14.2 Å². The maximum absolute atomic E-state index is 12.6. The van der Waals surface area contributed by atoms with E-state index in [1.54, 1.807) is 14.2 Å². The lowest BCUT2D eigenvalue weighted by Gasteiger charge is -2.10. The van der Waals surface area contributed by atoms with E-state index in [1.165, 1.54) is 0 Å². The summed E-state index contributed by atoms with van der Waals surface area (Å²) in [6, 6.07) is 13.0. The molecule has 0 bridgehead atoms. The average Bonchev–Trinajstić information content (AvgIpc) is 2.98. The molecular formula is C19H19ClN2O3. The highest BCUT2D eigenvalue weighted by molar-refractivity contribution is 6.35. The van der Waals surface area contributed by atoms with Crippen molar-refractivity contribution in [3.63, 3.8) is 0 Å². The summed E-state index contributed by atoms with van der Waals surface area (Å²) in [5, 5.41) is 4.42. The molecule has 5 nitrogen and oxygen atoms in total. The first-order chi connectivity index (χ1) is 12.0. The number of carbonyl (C=O) groups excluding carboxylic acids is 1. The molecule has 130 valence electrons. The van der Waals surface area contributed by atoms with Crippen LogP contribution in [0.15, 0.2) is 42.5 Å². The van der Waals surface area contributed by atoms with Crippen LogP contribution in [0.4, 0.5) is 0 Å². The molecule has 3 rings (SSSR count). The van der Waals surface area contributed by atoms with E-state index >= 15 is 0 Å². The summed E-state index contributed by atoms with van der Waals surface area (Å²) in [5.74, 6) is 1.12. The van der Waals surface area contributed by atoms with E-state index in [0.29, 0.717) is 28.8 Å². The number of nitrogens with one attached hydrogen (secondary N) is 1. The number of amides is 1. The van der Waals surface area contributed by atoms with Gasteiger partial charge in [0.2, 0.25) is 0 Å². The fourth-order valence-corrected chi connectivity index (χ4v) is 3.03. The van der Waals surface area contributed by atoms with Crippen LogP contribution in [0.1, 0.15) is 16.1 Å². The van der Waals surface area contributed by atoms with E-state index < -0.39 is 0 Å². The van der Waals surface area contributed by atoms with E-state index in [0.717, 1.165) is 16.5 Å². The number of hydrogen-bond acceptors (Lipinski definition) is 3. The normalized spacial score (nSPS) is 10.7. The van der Waals surface area contributed by atoms with Gasteiger partial charge in [-0.2, -0.15) is 0 Å². The monoisotopic (exact) mass is 358 g/mol. The number of ether oxygens (including phenoxy) is 2. The minimum atomic E-state index is -0.162. The smallest absolute Gasteiger partial charge is 0.268 e. The van der Waals surface area contributed by atoms with Gasteiger partial charge in [0, 0.05) is 29.5 Å². The molecule has 0 spiro atoms. The maximum Gasteiger partial charge on any atom is 0.268 e. The lowest BCUT2D eigenvalue weighted by molar-refractivity contribution is 0.0943. The Bertz CT molecular complexity index is 934. The predicted molar refractivity (Wildman–Crippen MR) is 98.6 cm³/mol. The first kappa shape index (κ1) is 17.2. The molecular weight excluding hydrogens is 340 g/mol. The summed E-state index contributed by atoms with van der Waals surface area (Å²) in [5.41, 5.74) is 2.40. The zero-order valence-corrected chi connectivity index (χ0v) is 15.1. The van der Waals surface area contributed by atoms with Gasteiger partial charge in [-0.25, -0.2) is 0 Å². The zero-order valence-electron chi connectivity index (χ0n) is 14.3. The van der Waals surface area contributed by atoms with Gasteiger partial charge in [-0.05, 0) is 35.9 Å². The average molecular weight is 359 g/mol. The second-order valence-electron chi connectivity index (χ2n) is 5.63. The molecule has 25 heavy (non-hydrogen) atoms. The second-order valence-corrected chi connectivity index (χ2v) is 6.04. The fourth-order valence-electron chi connectivity index (χ4n) is 2.81. The van der Waals surface area contributed by atoms with Crippen LogP contribution in [0, 0.1) is 0 Å². The second kappa shape index (κ2) is 7.07. The van der Waals surface area contributed by atoms with Gasteiger partial charge >= 0.3 is 0 Å². The first-order valence-electron chi connectivity index (χ1n) is 7.78. The molecule has 0 atom stereocenters. The first-order valence-corrected chi connectivity index (χ1v) is 8.16. The van der Waals surface area contributed by atoms with Gasteiger partial charge in [-0.1, -0.05) is 23.7 Å². The largest absolute Gasteiger partial charge is 0.493 e. The molecule has 0 radical (unpaired) electrons. The Morgan fingerprint density at radius 3 is 2.56 bits per heavy atom. The van der Waals surface area contributed by atoms with Gasteiger partial charge in [-0.3, -0.25) is 4.79 Å². The predicted octanol–water partition coefficient (Wildman–Crippen LogP) is 3.78. The summed E-state index contributed by atoms with van der Waals surface area (Å²) in [6.45, 7) is 0.383. The summed E-state index contributed by atoms with van der Waals surface area (Å²) in [6.07, 6.45) is 0. The van der Waals surface area contributed by atoms with Crippen molar-refractivity contribution in [1.82, 2.24) is 9.88 Å². The van der Waals surface area contributed by atoms with E-state index in [1.807, 2.05) is 54.1 Å². The van der Waals surface area contributed by atoms with Gasteiger partial charge in [0.1, 0.15) is 5.69 Å². The van der Waals surface area contributed by atoms with E-state index in [-0.39, 0.29) is 5.91 Å². The van der Waals surface area contributed by atoms with Crippen LogP contribution in [-0.2, 0) is 13.6 Å². The number of aryl methyl sites for hydroxylation is 1. The van der Waals surface area contributed by atoms with Crippen LogP contribution in [-0.4, -0.2) is 24.7 Å². The van der Waals surface area contributed by atoms with Crippen molar-refractivity contribution in [2.45, 2.75) is 6.54 Å². The van der Waals surface area contributed by atoms with Gasteiger partial charge in [0.05, 0.1) is 14.2 Å². The van der Waals surface area contributed by atoms with E-state index in [9.17, 15) is 4.79 Å². The molecule has 0 aliphatic heterocycles. The molecule has 3 aromatic rings. The Labute approximate surface area is 151 Å². The molecule has 0 fully saturated rings. The van der Waals surface area contributed by atoms with Crippen LogP contribution in [0.2, 0.25) is 5.02 Å². The SMILES string of the molecule is COc1ccc(CNC(=O)c2cc3c(Cl)cccc3n2C)cc1OC. The topological polar surface area (TPSA) is 52.5 Å². The number of benzene rings is 2. The van der Waals surface area contributed by atoms with Crippen LogP contribution < -0.4 is 14.8 Å². The fraction of sp³-hybridized carbons (Fsp3) is 0.211. The van der Waals surface area contributed by atoms with Crippen LogP contribution in [0.5, 0.6) is 11.5 Å². The summed E-state index contributed by atoms with van der Waals surface area (Å²) in [7, 11) is 5.02. The van der Waals surface area contributed by atoms with Crippen LogP contribution >= 0.6 is 11.6 Å². The summed E-state index contributed by atoms with van der Waals surface area (Å²) >= 11 is 6.21. The van der Waals surface area contributed by atoms with Gasteiger partial charge in [0.25, 0.3) is 5.91 Å². The molecule has 6 heteroatoms. The Balaban J connectivity index is 1.79. The van der Waals surface area contributed by atoms with Crippen LogP contribution in [0.3, 0.4) is 0 Å². The number of halogens is 1. The molecule has 1 N–H and O–H groups in total. The lowest BCUT2D eigenvalue weighted by Crippen LogP contribution is -2.24. The highest BCUT2D eigenvalue weighted by Gasteiger charge is 2.15. The van der Waals surface area contributed by atoms with E-state index in [2.05, 4.69) is 5.32 Å². The van der Waals surface area contributed by atoms with Crippen molar-refractivity contribution in [3.05, 3.63) is 58.7 Å². The Morgan fingerprint density at radius 1 is 1.12 bits per heavy atom. The molecule has 1 aromatic heterocycles. The van der Waals surface area contributed by atoms with Crippen molar-refractivity contribution in [1.29, 1.82) is 0 Å². The molecule has 0 saturated heterocycles. The quantitative estimate of drug-likeness (QED) is 0.755.